The van der Waals surface area contributed by atoms with Gasteiger partial charge in [0.2, 0.25) is 0 Å². The molecule has 0 aromatic carbocycles. The molecule has 0 aliphatic carbocycles. The van der Waals surface area contributed by atoms with Gasteiger partial charge in [0.15, 0.2) is 0 Å². The van der Waals surface area contributed by atoms with Crippen LogP contribution in [0.1, 0.15) is 16.9 Å². The zero-order valence-corrected chi connectivity index (χ0v) is 13.6. The predicted octanol–water partition coefficient (Wildman–Crippen LogP) is 1.11. The van der Waals surface area contributed by atoms with Crippen molar-refractivity contribution in [3.63, 3.8) is 0 Å². The summed E-state index contributed by atoms with van der Waals surface area (Å²) in [5.41, 5.74) is 2.32. The smallest absolute Gasteiger partial charge is 0.273 e. The highest BCUT2D eigenvalue weighted by atomic mass is 35.5. The maximum Gasteiger partial charge on any atom is 0.273 e. The SMILES string of the molecule is Cl.Cl.O=C(c1cscn1)N1CCC(N2CCNCC2)C1. The Bertz CT molecular complexity index is 412. The first-order valence-electron chi connectivity index (χ1n) is 6.47. The standard InChI is InChI=1S/C12H18N4OS.2ClH/c17-12(11-8-18-9-14-11)16-4-1-10(7-16)15-5-2-13-3-6-15;;/h8-10,13H,1-7H2;2*1H. The van der Waals surface area contributed by atoms with E-state index in [1.54, 1.807) is 5.51 Å². The van der Waals surface area contributed by atoms with E-state index in [0.29, 0.717) is 11.7 Å². The fourth-order valence-electron chi connectivity index (χ4n) is 2.75. The second kappa shape index (κ2) is 8.14. The minimum absolute atomic E-state index is 0. The first kappa shape index (κ1) is 17.7. The quantitative estimate of drug-likeness (QED) is 0.877. The lowest BCUT2D eigenvalue weighted by Crippen LogP contribution is -2.49. The molecule has 3 rings (SSSR count). The van der Waals surface area contributed by atoms with Crippen molar-refractivity contribution in [2.45, 2.75) is 12.5 Å². The number of halogens is 2. The van der Waals surface area contributed by atoms with E-state index in [1.807, 2.05) is 10.3 Å². The van der Waals surface area contributed by atoms with Gasteiger partial charge in [-0.15, -0.1) is 36.2 Å². The highest BCUT2D eigenvalue weighted by molar-refractivity contribution is 7.07. The number of hydrogen-bond donors (Lipinski definition) is 1. The molecule has 114 valence electrons. The van der Waals surface area contributed by atoms with Crippen molar-refractivity contribution in [3.05, 3.63) is 16.6 Å². The molecule has 1 N–H and O–H groups in total. The molecule has 1 unspecified atom stereocenters. The van der Waals surface area contributed by atoms with Crippen molar-refractivity contribution in [2.24, 2.45) is 0 Å². The molecular formula is C12H20Cl2N4OS. The van der Waals surface area contributed by atoms with Crippen molar-refractivity contribution in [2.75, 3.05) is 39.3 Å². The van der Waals surface area contributed by atoms with Gasteiger partial charge in [-0.25, -0.2) is 4.98 Å². The Kier molecular flexibility index (Phi) is 7.19. The highest BCUT2D eigenvalue weighted by Crippen LogP contribution is 2.18. The van der Waals surface area contributed by atoms with E-state index in [1.165, 1.54) is 11.3 Å². The average molecular weight is 339 g/mol. The first-order chi connectivity index (χ1) is 8.84. The van der Waals surface area contributed by atoms with Gasteiger partial charge in [0.05, 0.1) is 5.51 Å². The van der Waals surface area contributed by atoms with E-state index in [-0.39, 0.29) is 30.7 Å². The number of amides is 1. The minimum atomic E-state index is 0. The predicted molar refractivity (Wildman–Crippen MR) is 85.4 cm³/mol. The van der Waals surface area contributed by atoms with Gasteiger partial charge in [0.1, 0.15) is 5.69 Å². The van der Waals surface area contributed by atoms with Crippen LogP contribution < -0.4 is 5.32 Å². The van der Waals surface area contributed by atoms with E-state index in [0.717, 1.165) is 45.7 Å². The fraction of sp³-hybridized carbons (Fsp3) is 0.667. The first-order valence-corrected chi connectivity index (χ1v) is 7.41. The van der Waals surface area contributed by atoms with Crippen LogP contribution in [0.4, 0.5) is 0 Å². The van der Waals surface area contributed by atoms with Crippen LogP contribution in [0.3, 0.4) is 0 Å². The Morgan fingerprint density at radius 2 is 2.05 bits per heavy atom. The summed E-state index contributed by atoms with van der Waals surface area (Å²) in [7, 11) is 0. The van der Waals surface area contributed by atoms with Gasteiger partial charge < -0.3 is 10.2 Å². The fourth-order valence-corrected chi connectivity index (χ4v) is 3.28. The summed E-state index contributed by atoms with van der Waals surface area (Å²) in [5.74, 6) is 0.0916. The highest BCUT2D eigenvalue weighted by Gasteiger charge is 2.31. The average Bonchev–Trinajstić information content (AvgIpc) is 3.10. The molecule has 0 spiro atoms. The second-order valence-electron chi connectivity index (χ2n) is 4.85. The number of thiazole rings is 1. The van der Waals surface area contributed by atoms with Gasteiger partial charge in [-0.05, 0) is 6.42 Å². The summed E-state index contributed by atoms with van der Waals surface area (Å²) >= 11 is 1.48. The third-order valence-corrected chi connectivity index (χ3v) is 4.36. The second-order valence-corrected chi connectivity index (χ2v) is 5.57. The monoisotopic (exact) mass is 338 g/mol. The maximum atomic E-state index is 12.2. The lowest BCUT2D eigenvalue weighted by atomic mass is 10.2. The molecule has 1 aromatic rings. The number of aromatic nitrogens is 1. The van der Waals surface area contributed by atoms with E-state index in [2.05, 4.69) is 15.2 Å². The normalized spacial score (nSPS) is 23.0. The van der Waals surface area contributed by atoms with Gasteiger partial charge in [0, 0.05) is 50.7 Å². The Morgan fingerprint density at radius 1 is 1.30 bits per heavy atom. The third-order valence-electron chi connectivity index (χ3n) is 3.77. The van der Waals surface area contributed by atoms with Gasteiger partial charge >= 0.3 is 0 Å². The molecule has 2 saturated heterocycles. The molecule has 5 nitrogen and oxygen atoms in total. The maximum absolute atomic E-state index is 12.2. The molecule has 1 aromatic heterocycles. The van der Waals surface area contributed by atoms with Crippen molar-refractivity contribution in [3.8, 4) is 0 Å². The molecule has 0 saturated carbocycles. The van der Waals surface area contributed by atoms with Crippen LogP contribution in [0.15, 0.2) is 10.9 Å². The summed E-state index contributed by atoms with van der Waals surface area (Å²) in [6.07, 6.45) is 1.09. The van der Waals surface area contributed by atoms with E-state index in [9.17, 15) is 4.79 Å². The summed E-state index contributed by atoms with van der Waals surface area (Å²) < 4.78 is 0. The molecule has 2 aliphatic rings. The molecule has 0 radical (unpaired) electrons. The van der Waals surface area contributed by atoms with Gasteiger partial charge in [-0.3, -0.25) is 9.69 Å². The largest absolute Gasteiger partial charge is 0.336 e. The van der Waals surface area contributed by atoms with Crippen LogP contribution in [0.2, 0.25) is 0 Å². The molecule has 20 heavy (non-hydrogen) atoms. The zero-order chi connectivity index (χ0) is 12.4. The topological polar surface area (TPSA) is 48.5 Å². The lowest BCUT2D eigenvalue weighted by molar-refractivity contribution is 0.0768. The van der Waals surface area contributed by atoms with E-state index < -0.39 is 0 Å². The third kappa shape index (κ3) is 3.83. The van der Waals surface area contributed by atoms with Crippen molar-refractivity contribution in [1.82, 2.24) is 20.1 Å². The number of likely N-dealkylation sites (tertiary alicyclic amines) is 1. The summed E-state index contributed by atoms with van der Waals surface area (Å²) in [4.78, 5) is 20.7. The summed E-state index contributed by atoms with van der Waals surface area (Å²) in [6.45, 7) is 6.06. The van der Waals surface area contributed by atoms with Crippen LogP contribution in [0.5, 0.6) is 0 Å². The summed E-state index contributed by atoms with van der Waals surface area (Å²) in [6, 6.07) is 0.537. The van der Waals surface area contributed by atoms with Crippen molar-refractivity contribution in [1.29, 1.82) is 0 Å². The molecule has 1 amide bonds. The summed E-state index contributed by atoms with van der Waals surface area (Å²) in [5, 5.41) is 5.20. The Hall–Kier alpha value is -0.400. The molecule has 1 atom stereocenters. The number of carbonyl (C=O) groups excluding carboxylic acids is 1. The van der Waals surface area contributed by atoms with Crippen molar-refractivity contribution >= 4 is 42.1 Å². The number of hydrogen-bond acceptors (Lipinski definition) is 5. The molecule has 2 fully saturated rings. The molecule has 8 heteroatoms. The van der Waals surface area contributed by atoms with Gasteiger partial charge in [0.25, 0.3) is 5.91 Å². The minimum Gasteiger partial charge on any atom is -0.336 e. The number of carbonyl (C=O) groups is 1. The Morgan fingerprint density at radius 3 is 2.70 bits per heavy atom. The molecule has 2 aliphatic heterocycles. The van der Waals surface area contributed by atoms with E-state index in [4.69, 9.17) is 0 Å². The van der Waals surface area contributed by atoms with Crippen molar-refractivity contribution < 1.29 is 4.79 Å². The van der Waals surface area contributed by atoms with Gasteiger partial charge in [-0.2, -0.15) is 0 Å². The van der Waals surface area contributed by atoms with Crippen LogP contribution in [0.25, 0.3) is 0 Å². The molecule has 3 heterocycles. The number of nitrogens with zero attached hydrogens (tertiary/aromatic N) is 3. The molecule has 0 bridgehead atoms. The van der Waals surface area contributed by atoms with Gasteiger partial charge in [-0.1, -0.05) is 0 Å². The lowest BCUT2D eigenvalue weighted by Gasteiger charge is -2.32. The van der Waals surface area contributed by atoms with Crippen LogP contribution in [-0.2, 0) is 0 Å². The van der Waals surface area contributed by atoms with Crippen LogP contribution >= 0.6 is 36.2 Å². The molecular weight excluding hydrogens is 319 g/mol. The number of piperazine rings is 1. The van der Waals surface area contributed by atoms with Crippen LogP contribution in [-0.4, -0.2) is 66.0 Å². The number of nitrogens with one attached hydrogen (secondary N) is 1. The van der Waals surface area contributed by atoms with Crippen LogP contribution in [0, 0.1) is 0 Å². The zero-order valence-electron chi connectivity index (χ0n) is 11.2. The number of rotatable bonds is 2. The Labute approximate surface area is 135 Å². The Balaban J connectivity index is 0.000001000. The van der Waals surface area contributed by atoms with E-state index >= 15 is 0 Å².